The van der Waals surface area contributed by atoms with Crippen molar-refractivity contribution in [2.24, 2.45) is 5.41 Å². The SMILES string of the molecule is CCOC(=O)CCNc1nc(N2CCN(C(=O)O)C(C(C)(C)C)C2)c2cc(Cl)c(Br)c(F)c2n1. The first-order chi connectivity index (χ1) is 15.9. The number of ether oxygens (including phenoxy) is 1. The lowest BCUT2D eigenvalue weighted by molar-refractivity contribution is -0.142. The standard InChI is InChI=1S/C22H28BrClFN5O4/c1-5-34-15(31)6-7-26-20-27-18-12(10-13(24)16(23)17(18)25)19(28-20)29-8-9-30(21(32)33)14(11-29)22(2,3)4/h10,14H,5-9,11H2,1-4H3,(H,32,33)(H,26,27,28). The van der Waals surface area contributed by atoms with Crippen molar-refractivity contribution in [3.05, 3.63) is 21.4 Å². The predicted octanol–water partition coefficient (Wildman–Crippen LogP) is 4.76. The number of carbonyl (C=O) groups excluding carboxylic acids is 1. The minimum absolute atomic E-state index is 0.0629. The van der Waals surface area contributed by atoms with Crippen molar-refractivity contribution in [3.8, 4) is 0 Å². The van der Waals surface area contributed by atoms with Gasteiger partial charge in [-0.05, 0) is 34.3 Å². The number of benzene rings is 1. The summed E-state index contributed by atoms with van der Waals surface area (Å²) in [5.74, 6) is -0.408. The van der Waals surface area contributed by atoms with Crippen LogP contribution in [0.2, 0.25) is 5.02 Å². The molecule has 1 saturated heterocycles. The number of amides is 1. The van der Waals surface area contributed by atoms with Crippen LogP contribution in [0.5, 0.6) is 0 Å². The third kappa shape index (κ3) is 5.63. The second-order valence-electron chi connectivity index (χ2n) is 9.04. The normalized spacial score (nSPS) is 16.6. The molecular weight excluding hydrogens is 533 g/mol. The number of halogens is 3. The van der Waals surface area contributed by atoms with Crippen molar-refractivity contribution in [3.63, 3.8) is 0 Å². The number of nitrogens with zero attached hydrogens (tertiary/aromatic N) is 4. The Morgan fingerprint density at radius 1 is 1.35 bits per heavy atom. The minimum atomic E-state index is -0.980. The zero-order chi connectivity index (χ0) is 25.2. The summed E-state index contributed by atoms with van der Waals surface area (Å²) in [7, 11) is 0. The second kappa shape index (κ2) is 10.5. The molecule has 0 radical (unpaired) electrons. The molecule has 1 amide bonds. The monoisotopic (exact) mass is 559 g/mol. The molecule has 3 rings (SSSR count). The topological polar surface area (TPSA) is 108 Å². The average Bonchev–Trinajstić information content (AvgIpc) is 2.76. The number of piperazine rings is 1. The molecule has 186 valence electrons. The maximum atomic E-state index is 15.1. The average molecular weight is 561 g/mol. The molecule has 2 aromatic rings. The first-order valence-electron chi connectivity index (χ1n) is 10.9. The molecule has 0 bridgehead atoms. The number of fused-ring (bicyclic) bond motifs is 1. The number of carbonyl (C=O) groups is 2. The van der Waals surface area contributed by atoms with Crippen LogP contribution in [0.25, 0.3) is 10.9 Å². The van der Waals surface area contributed by atoms with E-state index in [4.69, 9.17) is 16.3 Å². The van der Waals surface area contributed by atoms with E-state index in [0.717, 1.165) is 0 Å². The van der Waals surface area contributed by atoms with Crippen molar-refractivity contribution in [1.82, 2.24) is 14.9 Å². The number of anilines is 2. The number of aromatic nitrogens is 2. The van der Waals surface area contributed by atoms with E-state index in [1.165, 1.54) is 4.90 Å². The first-order valence-corrected chi connectivity index (χ1v) is 12.1. The van der Waals surface area contributed by atoms with Gasteiger partial charge < -0.3 is 25.0 Å². The number of carboxylic acid groups (broad SMARTS) is 1. The van der Waals surface area contributed by atoms with Crippen LogP contribution >= 0.6 is 27.5 Å². The molecule has 0 aliphatic carbocycles. The molecule has 12 heteroatoms. The van der Waals surface area contributed by atoms with Gasteiger partial charge in [0.15, 0.2) is 5.82 Å². The molecule has 2 heterocycles. The van der Waals surface area contributed by atoms with E-state index in [2.05, 4.69) is 31.2 Å². The number of hydrogen-bond acceptors (Lipinski definition) is 7. The summed E-state index contributed by atoms with van der Waals surface area (Å²) in [6.45, 7) is 9.14. The van der Waals surface area contributed by atoms with Gasteiger partial charge in [-0.3, -0.25) is 4.79 Å². The molecule has 2 N–H and O–H groups in total. The Labute approximate surface area is 210 Å². The molecule has 0 saturated carbocycles. The van der Waals surface area contributed by atoms with Gasteiger partial charge in [0, 0.05) is 31.6 Å². The van der Waals surface area contributed by atoms with Gasteiger partial charge in [0.1, 0.15) is 11.3 Å². The summed E-state index contributed by atoms with van der Waals surface area (Å²) < 4.78 is 20.2. The van der Waals surface area contributed by atoms with Crippen LogP contribution in [-0.4, -0.2) is 70.9 Å². The summed E-state index contributed by atoms with van der Waals surface area (Å²) in [5, 5.41) is 13.2. The fourth-order valence-electron chi connectivity index (χ4n) is 3.93. The Kier molecular flexibility index (Phi) is 8.07. The van der Waals surface area contributed by atoms with Crippen LogP contribution in [-0.2, 0) is 9.53 Å². The van der Waals surface area contributed by atoms with Crippen molar-refractivity contribution in [2.45, 2.75) is 40.2 Å². The Morgan fingerprint density at radius 3 is 2.68 bits per heavy atom. The first kappa shape index (κ1) is 26.2. The Bertz CT molecular complexity index is 1100. The van der Waals surface area contributed by atoms with E-state index in [9.17, 15) is 14.7 Å². The molecule has 1 unspecified atom stereocenters. The maximum Gasteiger partial charge on any atom is 0.407 e. The highest BCUT2D eigenvalue weighted by Crippen LogP contribution is 2.37. The van der Waals surface area contributed by atoms with Crippen LogP contribution in [0.1, 0.15) is 34.1 Å². The van der Waals surface area contributed by atoms with Crippen LogP contribution in [0.3, 0.4) is 0 Å². The Morgan fingerprint density at radius 2 is 2.06 bits per heavy atom. The van der Waals surface area contributed by atoms with Crippen LogP contribution < -0.4 is 10.2 Å². The molecule has 1 atom stereocenters. The van der Waals surface area contributed by atoms with Gasteiger partial charge in [0.2, 0.25) is 5.95 Å². The van der Waals surface area contributed by atoms with Crippen LogP contribution in [0.15, 0.2) is 10.5 Å². The predicted molar refractivity (Wildman–Crippen MR) is 132 cm³/mol. The largest absolute Gasteiger partial charge is 0.466 e. The van der Waals surface area contributed by atoms with E-state index in [0.29, 0.717) is 24.3 Å². The molecule has 9 nitrogen and oxygen atoms in total. The van der Waals surface area contributed by atoms with Gasteiger partial charge in [0.25, 0.3) is 0 Å². The fraction of sp³-hybridized carbons (Fsp3) is 0.545. The quantitative estimate of drug-likeness (QED) is 0.384. The molecule has 1 aliphatic heterocycles. The Hall–Kier alpha value is -2.40. The van der Waals surface area contributed by atoms with Crippen LogP contribution in [0, 0.1) is 11.2 Å². The fourth-order valence-corrected chi connectivity index (χ4v) is 4.43. The third-order valence-corrected chi connectivity index (χ3v) is 6.95. The summed E-state index contributed by atoms with van der Waals surface area (Å²) in [6, 6.07) is 1.28. The van der Waals surface area contributed by atoms with Crippen molar-refractivity contribution in [2.75, 3.05) is 43.0 Å². The minimum Gasteiger partial charge on any atom is -0.466 e. The zero-order valence-corrected chi connectivity index (χ0v) is 21.8. The van der Waals surface area contributed by atoms with Crippen LogP contribution in [0.4, 0.5) is 21.0 Å². The molecular formula is C22H28BrClFN5O4. The summed E-state index contributed by atoms with van der Waals surface area (Å²) in [4.78, 5) is 35.8. The van der Waals surface area contributed by atoms with Crippen molar-refractivity contribution < 1.29 is 23.8 Å². The number of nitrogens with one attached hydrogen (secondary N) is 1. The van der Waals surface area contributed by atoms with Gasteiger partial charge in [-0.25, -0.2) is 14.2 Å². The lowest BCUT2D eigenvalue weighted by atomic mass is 9.84. The van der Waals surface area contributed by atoms with Gasteiger partial charge >= 0.3 is 12.1 Å². The number of rotatable bonds is 6. The smallest absolute Gasteiger partial charge is 0.407 e. The highest BCUT2D eigenvalue weighted by molar-refractivity contribution is 9.10. The van der Waals surface area contributed by atoms with E-state index >= 15 is 4.39 Å². The second-order valence-corrected chi connectivity index (χ2v) is 10.2. The molecule has 34 heavy (non-hydrogen) atoms. The third-order valence-electron chi connectivity index (χ3n) is 5.65. The number of hydrogen-bond donors (Lipinski definition) is 2. The van der Waals surface area contributed by atoms with E-state index in [-0.39, 0.29) is 64.5 Å². The molecule has 1 aromatic carbocycles. The summed E-state index contributed by atoms with van der Waals surface area (Å²) >= 11 is 9.40. The van der Waals surface area contributed by atoms with Gasteiger partial charge in [-0.15, -0.1) is 0 Å². The highest BCUT2D eigenvalue weighted by atomic mass is 79.9. The highest BCUT2D eigenvalue weighted by Gasteiger charge is 2.39. The molecule has 1 aliphatic rings. The van der Waals surface area contributed by atoms with Gasteiger partial charge in [-0.1, -0.05) is 32.4 Å². The lowest BCUT2D eigenvalue weighted by Gasteiger charge is -2.46. The molecule has 1 fully saturated rings. The van der Waals surface area contributed by atoms with E-state index in [1.54, 1.807) is 13.0 Å². The van der Waals surface area contributed by atoms with E-state index < -0.39 is 11.9 Å². The summed E-state index contributed by atoms with van der Waals surface area (Å²) in [6.07, 6.45) is -0.882. The lowest BCUT2D eigenvalue weighted by Crippen LogP contribution is -2.59. The molecule has 1 aromatic heterocycles. The Balaban J connectivity index is 2.02. The van der Waals surface area contributed by atoms with Crippen molar-refractivity contribution >= 4 is 62.3 Å². The number of esters is 1. The van der Waals surface area contributed by atoms with E-state index in [1.807, 2.05) is 25.7 Å². The van der Waals surface area contributed by atoms with Gasteiger partial charge in [0.05, 0.1) is 28.6 Å². The summed E-state index contributed by atoms with van der Waals surface area (Å²) in [5.41, 5.74) is -0.278. The zero-order valence-electron chi connectivity index (χ0n) is 19.5. The molecule has 0 spiro atoms. The van der Waals surface area contributed by atoms with Crippen molar-refractivity contribution in [1.29, 1.82) is 0 Å². The maximum absolute atomic E-state index is 15.1. The van der Waals surface area contributed by atoms with Gasteiger partial charge in [-0.2, -0.15) is 4.98 Å².